The first kappa shape index (κ1) is 23.7. The van der Waals surface area contributed by atoms with Gasteiger partial charge in [0.2, 0.25) is 0 Å². The minimum absolute atomic E-state index is 1.17. The van der Waals surface area contributed by atoms with E-state index in [2.05, 4.69) is 167 Å². The molecule has 0 aliphatic carbocycles. The molecule has 0 N–H and O–H groups in total. The first-order valence-electron chi connectivity index (χ1n) is 15.2. The van der Waals surface area contributed by atoms with E-state index in [9.17, 15) is 0 Å². The number of nitrogens with zero attached hydrogens (tertiary/aromatic N) is 2. The van der Waals surface area contributed by atoms with E-state index in [1.54, 1.807) is 0 Å². The Balaban J connectivity index is 1.29. The van der Waals surface area contributed by atoms with Gasteiger partial charge in [-0.05, 0) is 64.0 Å². The molecule has 0 aliphatic heterocycles. The molecule has 0 aliphatic rings. The van der Waals surface area contributed by atoms with Crippen LogP contribution in [-0.4, -0.2) is 8.97 Å². The molecule has 0 atom stereocenters. The minimum atomic E-state index is 1.17. The maximum absolute atomic E-state index is 2.50. The third-order valence-electron chi connectivity index (χ3n) is 9.47. The monoisotopic (exact) mass is 558 g/mol. The predicted octanol–water partition coefficient (Wildman–Crippen LogP) is 11.3. The van der Waals surface area contributed by atoms with Gasteiger partial charge in [0.05, 0.1) is 27.6 Å². The van der Waals surface area contributed by atoms with E-state index in [4.69, 9.17) is 0 Å². The molecule has 2 nitrogen and oxygen atoms in total. The van der Waals surface area contributed by atoms with Gasteiger partial charge in [-0.3, -0.25) is 0 Å². The summed E-state index contributed by atoms with van der Waals surface area (Å²) in [6.45, 7) is 0. The molecule has 0 unspecified atom stereocenters. The Morgan fingerprint density at radius 1 is 0.318 bits per heavy atom. The van der Waals surface area contributed by atoms with Crippen LogP contribution in [0.15, 0.2) is 158 Å². The van der Waals surface area contributed by atoms with Crippen LogP contribution in [0.4, 0.5) is 0 Å². The third kappa shape index (κ3) is 3.09. The highest BCUT2D eigenvalue weighted by atomic mass is 15.0. The molecule has 7 aromatic carbocycles. The van der Waals surface area contributed by atoms with Crippen LogP contribution in [0.2, 0.25) is 0 Å². The van der Waals surface area contributed by atoms with Crippen molar-refractivity contribution in [3.05, 3.63) is 158 Å². The number of aromatic nitrogens is 2. The lowest BCUT2D eigenvalue weighted by Crippen LogP contribution is -1.94. The van der Waals surface area contributed by atoms with Crippen LogP contribution in [0.3, 0.4) is 0 Å². The molecule has 0 bridgehead atoms. The summed E-state index contributed by atoms with van der Waals surface area (Å²) in [4.78, 5) is 0. The summed E-state index contributed by atoms with van der Waals surface area (Å²) in [7, 11) is 0. The van der Waals surface area contributed by atoms with Gasteiger partial charge in [-0.25, -0.2) is 0 Å². The highest BCUT2D eigenvalue weighted by Crippen LogP contribution is 2.45. The lowest BCUT2D eigenvalue weighted by Gasteiger charge is -2.13. The zero-order valence-electron chi connectivity index (χ0n) is 23.9. The van der Waals surface area contributed by atoms with E-state index in [1.165, 1.54) is 87.8 Å². The maximum atomic E-state index is 2.50. The SMILES string of the molecule is c1ccc(-c2ccccc2-c2ccc(-n3c4cccc5c6ccccc6n6c7ccccc7c7ccc3c(c54)c76)cc2)cc1. The molecule has 0 saturated heterocycles. The highest BCUT2D eigenvalue weighted by molar-refractivity contribution is 6.33. The second-order valence-electron chi connectivity index (χ2n) is 11.7. The van der Waals surface area contributed by atoms with Crippen molar-refractivity contribution in [3.63, 3.8) is 0 Å². The van der Waals surface area contributed by atoms with Gasteiger partial charge in [-0.1, -0.05) is 121 Å². The van der Waals surface area contributed by atoms with Gasteiger partial charge < -0.3 is 8.97 Å². The molecule has 44 heavy (non-hydrogen) atoms. The van der Waals surface area contributed by atoms with E-state index >= 15 is 0 Å². The van der Waals surface area contributed by atoms with Crippen molar-refractivity contribution in [2.24, 2.45) is 0 Å². The number of para-hydroxylation sites is 2. The molecule has 2 heteroatoms. The van der Waals surface area contributed by atoms with E-state index in [0.717, 1.165) is 0 Å². The maximum Gasteiger partial charge on any atom is 0.0641 e. The highest BCUT2D eigenvalue weighted by Gasteiger charge is 2.22. The van der Waals surface area contributed by atoms with Crippen molar-refractivity contribution >= 4 is 59.9 Å². The standard InChI is InChI=1S/C42H26N2/c1-2-11-27(12-3-1)30-13-4-5-14-31(30)28-21-23-29(24-22-28)43-38-20-10-17-34-32-15-6-8-18-36(32)44-37-19-9-7-16-33(37)35-25-26-39(43)41(40(34)38)42(35)44/h1-26H. The molecular formula is C42H26N2. The minimum Gasteiger partial charge on any atom is -0.309 e. The normalized spacial score (nSPS) is 12.1. The average Bonchev–Trinajstić information content (AvgIpc) is 3.57. The van der Waals surface area contributed by atoms with Crippen LogP contribution in [0.5, 0.6) is 0 Å². The quantitative estimate of drug-likeness (QED) is 0.204. The van der Waals surface area contributed by atoms with Gasteiger partial charge in [0.15, 0.2) is 0 Å². The summed E-state index contributed by atoms with van der Waals surface area (Å²) < 4.78 is 4.95. The lowest BCUT2D eigenvalue weighted by molar-refractivity contribution is 1.18. The van der Waals surface area contributed by atoms with Crippen molar-refractivity contribution < 1.29 is 0 Å². The summed E-state index contributed by atoms with van der Waals surface area (Å²) in [5.74, 6) is 0. The first-order chi connectivity index (χ1) is 21.9. The van der Waals surface area contributed by atoms with Crippen LogP contribution in [0, 0.1) is 0 Å². The molecule has 0 saturated carbocycles. The van der Waals surface area contributed by atoms with Gasteiger partial charge in [0.1, 0.15) is 0 Å². The summed E-state index contributed by atoms with van der Waals surface area (Å²) in [5.41, 5.74) is 12.3. The van der Waals surface area contributed by atoms with Crippen molar-refractivity contribution in [1.82, 2.24) is 8.97 Å². The molecule has 0 spiro atoms. The zero-order chi connectivity index (χ0) is 28.8. The Kier molecular flexibility index (Phi) is 4.75. The number of fused-ring (bicyclic) bond motifs is 6. The average molecular weight is 559 g/mol. The Morgan fingerprint density at radius 3 is 1.59 bits per heavy atom. The fraction of sp³-hybridized carbons (Fsp3) is 0. The summed E-state index contributed by atoms with van der Waals surface area (Å²) in [5, 5.41) is 7.78. The molecule has 0 amide bonds. The topological polar surface area (TPSA) is 9.34 Å². The molecule has 10 aromatic rings. The van der Waals surface area contributed by atoms with Gasteiger partial charge in [0, 0.05) is 32.6 Å². The second kappa shape index (κ2) is 8.82. The Hall–Kier alpha value is -5.86. The first-order valence-corrected chi connectivity index (χ1v) is 15.2. The largest absolute Gasteiger partial charge is 0.309 e. The Morgan fingerprint density at radius 2 is 0.864 bits per heavy atom. The smallest absolute Gasteiger partial charge is 0.0641 e. The van der Waals surface area contributed by atoms with Crippen LogP contribution in [0.25, 0.3) is 87.8 Å². The summed E-state index contributed by atoms with van der Waals surface area (Å²) >= 11 is 0. The van der Waals surface area contributed by atoms with Crippen molar-refractivity contribution in [2.45, 2.75) is 0 Å². The van der Waals surface area contributed by atoms with Crippen LogP contribution < -0.4 is 0 Å². The number of hydrogen-bond acceptors (Lipinski definition) is 0. The molecule has 204 valence electrons. The van der Waals surface area contributed by atoms with E-state index in [0.29, 0.717) is 0 Å². The molecule has 3 aromatic heterocycles. The van der Waals surface area contributed by atoms with Crippen molar-refractivity contribution in [1.29, 1.82) is 0 Å². The van der Waals surface area contributed by atoms with Crippen molar-refractivity contribution in [2.75, 3.05) is 0 Å². The fourth-order valence-electron chi connectivity index (χ4n) is 7.64. The van der Waals surface area contributed by atoms with E-state index < -0.39 is 0 Å². The summed E-state index contributed by atoms with van der Waals surface area (Å²) in [6, 6.07) is 57.6. The fourth-order valence-corrected chi connectivity index (χ4v) is 7.64. The molecule has 0 fully saturated rings. The third-order valence-corrected chi connectivity index (χ3v) is 9.47. The number of hydrogen-bond donors (Lipinski definition) is 0. The number of benzene rings is 7. The van der Waals surface area contributed by atoms with E-state index in [-0.39, 0.29) is 0 Å². The van der Waals surface area contributed by atoms with Crippen molar-refractivity contribution in [3.8, 4) is 27.9 Å². The van der Waals surface area contributed by atoms with Crippen LogP contribution in [-0.2, 0) is 0 Å². The van der Waals surface area contributed by atoms with Crippen LogP contribution >= 0.6 is 0 Å². The van der Waals surface area contributed by atoms with E-state index in [1.807, 2.05) is 0 Å². The molecular weight excluding hydrogens is 532 g/mol. The van der Waals surface area contributed by atoms with Crippen LogP contribution in [0.1, 0.15) is 0 Å². The second-order valence-corrected chi connectivity index (χ2v) is 11.7. The summed E-state index contributed by atoms with van der Waals surface area (Å²) in [6.07, 6.45) is 0. The number of rotatable bonds is 3. The van der Waals surface area contributed by atoms with Gasteiger partial charge in [-0.2, -0.15) is 0 Å². The van der Waals surface area contributed by atoms with Gasteiger partial charge in [-0.15, -0.1) is 0 Å². The van der Waals surface area contributed by atoms with Gasteiger partial charge in [0.25, 0.3) is 0 Å². The molecule has 10 rings (SSSR count). The van der Waals surface area contributed by atoms with Gasteiger partial charge >= 0.3 is 0 Å². The predicted molar refractivity (Wildman–Crippen MR) is 186 cm³/mol. The molecule has 0 radical (unpaired) electrons. The Labute approximate surface area is 254 Å². The zero-order valence-corrected chi connectivity index (χ0v) is 23.9. The lowest BCUT2D eigenvalue weighted by atomic mass is 9.94. The Bertz CT molecular complexity index is 2690. The molecule has 3 heterocycles.